The average Bonchev–Trinajstić information content (AvgIpc) is 3.02. The molecule has 1 aromatic heterocycles. The molecule has 2 atom stereocenters. The highest BCUT2D eigenvalue weighted by Crippen LogP contribution is 2.16. The normalized spacial score (nSPS) is 21.6. The van der Waals surface area contributed by atoms with Crippen molar-refractivity contribution >= 4 is 11.3 Å². The van der Waals surface area contributed by atoms with Gasteiger partial charge in [-0.25, -0.2) is 0 Å². The molecule has 3 nitrogen and oxygen atoms in total. The molecular weight excluding hydrogens is 246 g/mol. The van der Waals surface area contributed by atoms with E-state index in [0.717, 1.165) is 39.1 Å². The minimum atomic E-state index is -0.231. The van der Waals surface area contributed by atoms with Crippen LogP contribution in [-0.2, 0) is 11.3 Å². The number of nitrogens with zero attached hydrogens (tertiary/aromatic N) is 1. The van der Waals surface area contributed by atoms with Crippen molar-refractivity contribution in [2.45, 2.75) is 44.9 Å². The third-order valence-corrected chi connectivity index (χ3v) is 4.14. The van der Waals surface area contributed by atoms with E-state index in [2.05, 4.69) is 21.7 Å². The number of hydrogen-bond donors (Lipinski definition) is 1. The monoisotopic (exact) mass is 269 g/mol. The van der Waals surface area contributed by atoms with Gasteiger partial charge in [-0.2, -0.15) is 11.3 Å². The molecule has 2 unspecified atom stereocenters. The summed E-state index contributed by atoms with van der Waals surface area (Å²) in [7, 11) is 0. The van der Waals surface area contributed by atoms with E-state index in [1.807, 2.05) is 6.92 Å². The van der Waals surface area contributed by atoms with Gasteiger partial charge in [-0.3, -0.25) is 4.90 Å². The fraction of sp³-hybridized carbons (Fsp3) is 0.714. The first-order valence-corrected chi connectivity index (χ1v) is 7.75. The minimum absolute atomic E-state index is 0.231. The Morgan fingerprint density at radius 2 is 2.50 bits per heavy atom. The van der Waals surface area contributed by atoms with E-state index in [4.69, 9.17) is 4.74 Å². The molecule has 1 saturated heterocycles. The van der Waals surface area contributed by atoms with Gasteiger partial charge in [0.1, 0.15) is 0 Å². The Kier molecular flexibility index (Phi) is 5.63. The Hall–Kier alpha value is -0.420. The van der Waals surface area contributed by atoms with Gasteiger partial charge in [-0.05, 0) is 41.7 Å². The second kappa shape index (κ2) is 7.24. The van der Waals surface area contributed by atoms with Gasteiger partial charge in [0.2, 0.25) is 0 Å². The molecule has 0 aromatic carbocycles. The molecule has 0 saturated carbocycles. The highest BCUT2D eigenvalue weighted by atomic mass is 32.1. The van der Waals surface area contributed by atoms with Crippen molar-refractivity contribution in [2.24, 2.45) is 0 Å². The van der Waals surface area contributed by atoms with Crippen molar-refractivity contribution in [1.29, 1.82) is 0 Å². The molecule has 1 aliphatic rings. The summed E-state index contributed by atoms with van der Waals surface area (Å²) in [4.78, 5) is 2.33. The van der Waals surface area contributed by atoms with E-state index in [9.17, 15) is 5.11 Å². The highest BCUT2D eigenvalue weighted by Gasteiger charge is 2.20. The number of thiophene rings is 1. The molecule has 18 heavy (non-hydrogen) atoms. The van der Waals surface area contributed by atoms with E-state index in [-0.39, 0.29) is 6.10 Å². The lowest BCUT2D eigenvalue weighted by Crippen LogP contribution is -2.37. The van der Waals surface area contributed by atoms with E-state index in [0.29, 0.717) is 6.10 Å². The minimum Gasteiger partial charge on any atom is -0.392 e. The average molecular weight is 269 g/mol. The van der Waals surface area contributed by atoms with Crippen LogP contribution in [0.3, 0.4) is 0 Å². The van der Waals surface area contributed by atoms with Crippen molar-refractivity contribution in [1.82, 2.24) is 4.90 Å². The molecule has 0 bridgehead atoms. The molecule has 1 aromatic rings. The van der Waals surface area contributed by atoms with Crippen LogP contribution in [0.15, 0.2) is 16.8 Å². The Morgan fingerprint density at radius 1 is 1.61 bits per heavy atom. The lowest BCUT2D eigenvalue weighted by Gasteiger charge is -2.26. The SMILES string of the molecule is CCC(O)CN(Cc1ccsc1)CC1CCCO1. The maximum absolute atomic E-state index is 9.85. The largest absolute Gasteiger partial charge is 0.392 e. The lowest BCUT2D eigenvalue weighted by molar-refractivity contribution is 0.0455. The van der Waals surface area contributed by atoms with Gasteiger partial charge in [-0.1, -0.05) is 6.92 Å². The molecule has 2 heterocycles. The second-order valence-corrected chi connectivity index (χ2v) is 5.80. The number of hydrogen-bond acceptors (Lipinski definition) is 4. The van der Waals surface area contributed by atoms with Crippen LogP contribution in [0.1, 0.15) is 31.7 Å². The van der Waals surface area contributed by atoms with Crippen LogP contribution in [0, 0.1) is 0 Å². The van der Waals surface area contributed by atoms with E-state index in [1.54, 1.807) is 11.3 Å². The Labute approximate surface area is 113 Å². The van der Waals surface area contributed by atoms with Crippen LogP contribution in [0.2, 0.25) is 0 Å². The molecule has 1 N–H and O–H groups in total. The van der Waals surface area contributed by atoms with Gasteiger partial charge >= 0.3 is 0 Å². The summed E-state index contributed by atoms with van der Waals surface area (Å²) in [5, 5.41) is 14.1. The van der Waals surface area contributed by atoms with E-state index in [1.165, 1.54) is 12.0 Å². The van der Waals surface area contributed by atoms with E-state index >= 15 is 0 Å². The lowest BCUT2D eigenvalue weighted by atomic mass is 10.2. The first-order chi connectivity index (χ1) is 8.78. The summed E-state index contributed by atoms with van der Waals surface area (Å²) >= 11 is 1.73. The molecule has 0 amide bonds. The van der Waals surface area contributed by atoms with Gasteiger partial charge in [0, 0.05) is 26.2 Å². The van der Waals surface area contributed by atoms with Gasteiger partial charge in [0.05, 0.1) is 12.2 Å². The van der Waals surface area contributed by atoms with Gasteiger partial charge in [0.15, 0.2) is 0 Å². The first kappa shape index (κ1) is 14.0. The fourth-order valence-electron chi connectivity index (χ4n) is 2.35. The Morgan fingerprint density at radius 3 is 3.11 bits per heavy atom. The summed E-state index contributed by atoms with van der Waals surface area (Å²) < 4.78 is 5.70. The Balaban J connectivity index is 1.88. The van der Waals surface area contributed by atoms with Crippen LogP contribution in [0.4, 0.5) is 0 Å². The van der Waals surface area contributed by atoms with Crippen molar-refractivity contribution in [3.63, 3.8) is 0 Å². The zero-order valence-electron chi connectivity index (χ0n) is 11.0. The van der Waals surface area contributed by atoms with Crippen LogP contribution >= 0.6 is 11.3 Å². The molecular formula is C14H23NO2S. The number of ether oxygens (including phenoxy) is 1. The quantitative estimate of drug-likeness (QED) is 0.825. The summed E-state index contributed by atoms with van der Waals surface area (Å²) in [5.74, 6) is 0. The molecule has 1 fully saturated rings. The van der Waals surface area contributed by atoms with Gasteiger partial charge < -0.3 is 9.84 Å². The van der Waals surface area contributed by atoms with Crippen LogP contribution in [0.25, 0.3) is 0 Å². The number of aliphatic hydroxyl groups is 1. The summed E-state index contributed by atoms with van der Waals surface area (Å²) in [6.07, 6.45) is 3.26. The maximum Gasteiger partial charge on any atom is 0.0702 e. The molecule has 0 spiro atoms. The third-order valence-electron chi connectivity index (χ3n) is 3.41. The number of rotatable bonds is 7. The zero-order valence-corrected chi connectivity index (χ0v) is 11.9. The third kappa shape index (κ3) is 4.35. The molecule has 0 radical (unpaired) electrons. The molecule has 1 aliphatic heterocycles. The molecule has 2 rings (SSSR count). The molecule has 0 aliphatic carbocycles. The molecule has 102 valence electrons. The zero-order chi connectivity index (χ0) is 12.8. The van der Waals surface area contributed by atoms with Crippen molar-refractivity contribution in [2.75, 3.05) is 19.7 Å². The van der Waals surface area contributed by atoms with Crippen molar-refractivity contribution < 1.29 is 9.84 Å². The van der Waals surface area contributed by atoms with Crippen LogP contribution in [0.5, 0.6) is 0 Å². The predicted octanol–water partition coefficient (Wildman–Crippen LogP) is 2.50. The van der Waals surface area contributed by atoms with E-state index < -0.39 is 0 Å². The summed E-state index contributed by atoms with van der Waals surface area (Å²) in [6, 6.07) is 2.16. The topological polar surface area (TPSA) is 32.7 Å². The second-order valence-electron chi connectivity index (χ2n) is 5.02. The smallest absolute Gasteiger partial charge is 0.0702 e. The first-order valence-electron chi connectivity index (χ1n) is 6.81. The number of aliphatic hydroxyl groups excluding tert-OH is 1. The summed E-state index contributed by atoms with van der Waals surface area (Å²) in [5.41, 5.74) is 1.33. The van der Waals surface area contributed by atoms with Crippen LogP contribution < -0.4 is 0 Å². The van der Waals surface area contributed by atoms with Gasteiger partial charge in [0.25, 0.3) is 0 Å². The maximum atomic E-state index is 9.85. The standard InChI is InChI=1S/C14H23NO2S/c1-2-13(16)9-15(8-12-5-7-18-11-12)10-14-4-3-6-17-14/h5,7,11,13-14,16H,2-4,6,8-10H2,1H3. The van der Waals surface area contributed by atoms with Crippen molar-refractivity contribution in [3.05, 3.63) is 22.4 Å². The van der Waals surface area contributed by atoms with Crippen molar-refractivity contribution in [3.8, 4) is 0 Å². The molecule has 4 heteroatoms. The Bertz CT molecular complexity index is 323. The highest BCUT2D eigenvalue weighted by molar-refractivity contribution is 7.07. The van der Waals surface area contributed by atoms with Crippen LogP contribution in [-0.4, -0.2) is 41.9 Å². The van der Waals surface area contributed by atoms with Gasteiger partial charge in [-0.15, -0.1) is 0 Å². The predicted molar refractivity (Wildman–Crippen MR) is 74.9 cm³/mol. The fourth-order valence-corrected chi connectivity index (χ4v) is 3.01. The summed E-state index contributed by atoms with van der Waals surface area (Å²) in [6.45, 7) is 5.52.